The van der Waals surface area contributed by atoms with Gasteiger partial charge in [0, 0.05) is 11.1 Å². The van der Waals surface area contributed by atoms with Gasteiger partial charge in [-0.3, -0.25) is 4.79 Å². The monoisotopic (exact) mass is 316 g/mol. The molecule has 0 radical (unpaired) electrons. The van der Waals surface area contributed by atoms with Gasteiger partial charge in [0.15, 0.2) is 5.78 Å². The number of carbonyl (C=O) groups is 1. The van der Waals surface area contributed by atoms with Gasteiger partial charge in [0.1, 0.15) is 5.82 Å². The third-order valence-electron chi connectivity index (χ3n) is 3.86. The minimum atomic E-state index is -0.268. The molecule has 0 aliphatic rings. The molecule has 0 aliphatic carbocycles. The Morgan fingerprint density at radius 2 is 1.54 bits per heavy atom. The van der Waals surface area contributed by atoms with Crippen molar-refractivity contribution in [2.75, 3.05) is 0 Å². The maximum absolute atomic E-state index is 13.8. The summed E-state index contributed by atoms with van der Waals surface area (Å²) in [6.07, 6.45) is 3.36. The zero-order chi connectivity index (χ0) is 16.9. The molecule has 1 nitrogen and oxygen atoms in total. The summed E-state index contributed by atoms with van der Waals surface area (Å²) < 4.78 is 13.8. The van der Waals surface area contributed by atoms with E-state index < -0.39 is 0 Å². The molecule has 3 aromatic carbocycles. The molecule has 24 heavy (non-hydrogen) atoms. The molecule has 0 aliphatic heterocycles. The number of hydrogen-bond donors (Lipinski definition) is 0. The standard InChI is InChI=1S/C22H17FO/c1-16-6-8-17(9-7-16)10-15-22(24)19-13-11-18(12-14-19)20-4-2-3-5-21(20)23/h2-15H,1H3/b15-10+. The predicted molar refractivity (Wildman–Crippen MR) is 96.4 cm³/mol. The number of carbonyl (C=O) groups excluding carboxylic acids is 1. The van der Waals surface area contributed by atoms with Gasteiger partial charge in [0.05, 0.1) is 0 Å². The second-order valence-electron chi connectivity index (χ2n) is 5.67. The van der Waals surface area contributed by atoms with Crippen LogP contribution in [0, 0.1) is 12.7 Å². The lowest BCUT2D eigenvalue weighted by Gasteiger charge is -2.04. The highest BCUT2D eigenvalue weighted by Gasteiger charge is 2.06. The van der Waals surface area contributed by atoms with E-state index in [1.54, 1.807) is 54.6 Å². The summed E-state index contributed by atoms with van der Waals surface area (Å²) in [5.41, 5.74) is 4.04. The zero-order valence-corrected chi connectivity index (χ0v) is 13.4. The van der Waals surface area contributed by atoms with Gasteiger partial charge in [-0.05, 0) is 30.2 Å². The van der Waals surface area contributed by atoms with Crippen molar-refractivity contribution < 1.29 is 9.18 Å². The molecule has 0 saturated carbocycles. The first kappa shape index (κ1) is 15.9. The minimum absolute atomic E-state index is 0.0735. The first-order valence-electron chi connectivity index (χ1n) is 7.77. The summed E-state index contributed by atoms with van der Waals surface area (Å²) in [5, 5.41) is 0. The predicted octanol–water partition coefficient (Wildman–Crippen LogP) is 5.70. The van der Waals surface area contributed by atoms with Crippen molar-refractivity contribution in [3.63, 3.8) is 0 Å². The van der Waals surface area contributed by atoms with Crippen molar-refractivity contribution in [3.05, 3.63) is 101 Å². The normalized spacial score (nSPS) is 10.9. The van der Waals surface area contributed by atoms with Gasteiger partial charge < -0.3 is 0 Å². The Labute approximate surface area is 141 Å². The van der Waals surface area contributed by atoms with E-state index in [1.165, 1.54) is 11.6 Å². The second kappa shape index (κ2) is 7.05. The lowest BCUT2D eigenvalue weighted by atomic mass is 10.0. The summed E-state index contributed by atoms with van der Waals surface area (Å²) in [4.78, 5) is 12.2. The van der Waals surface area contributed by atoms with Crippen LogP contribution in [0.3, 0.4) is 0 Å². The number of ketones is 1. The van der Waals surface area contributed by atoms with Gasteiger partial charge in [-0.15, -0.1) is 0 Å². The van der Waals surface area contributed by atoms with Crippen molar-refractivity contribution in [2.45, 2.75) is 6.92 Å². The molecular formula is C22H17FO. The van der Waals surface area contributed by atoms with Gasteiger partial charge in [0.2, 0.25) is 0 Å². The molecular weight excluding hydrogens is 299 g/mol. The van der Waals surface area contributed by atoms with Crippen LogP contribution < -0.4 is 0 Å². The lowest BCUT2D eigenvalue weighted by Crippen LogP contribution is -1.94. The first-order chi connectivity index (χ1) is 11.6. The molecule has 3 aromatic rings. The van der Waals surface area contributed by atoms with Gasteiger partial charge in [0.25, 0.3) is 0 Å². The minimum Gasteiger partial charge on any atom is -0.289 e. The Bertz CT molecular complexity index is 875. The van der Waals surface area contributed by atoms with Crippen LogP contribution in [0.15, 0.2) is 78.9 Å². The highest BCUT2D eigenvalue weighted by molar-refractivity contribution is 6.07. The molecule has 0 amide bonds. The average molecular weight is 316 g/mol. The van der Waals surface area contributed by atoms with Gasteiger partial charge >= 0.3 is 0 Å². The fourth-order valence-electron chi connectivity index (χ4n) is 2.46. The van der Waals surface area contributed by atoms with E-state index in [2.05, 4.69) is 0 Å². The zero-order valence-electron chi connectivity index (χ0n) is 13.4. The highest BCUT2D eigenvalue weighted by Crippen LogP contribution is 2.23. The molecule has 0 N–H and O–H groups in total. The van der Waals surface area contributed by atoms with Crippen molar-refractivity contribution in [3.8, 4) is 11.1 Å². The Hall–Kier alpha value is -3.00. The Morgan fingerprint density at radius 3 is 2.21 bits per heavy atom. The van der Waals surface area contributed by atoms with Crippen LogP contribution in [0.1, 0.15) is 21.5 Å². The van der Waals surface area contributed by atoms with Crippen LogP contribution in [-0.4, -0.2) is 5.78 Å². The molecule has 118 valence electrons. The molecule has 0 aromatic heterocycles. The van der Waals surface area contributed by atoms with Gasteiger partial charge in [-0.25, -0.2) is 4.39 Å². The largest absolute Gasteiger partial charge is 0.289 e. The molecule has 0 saturated heterocycles. The van der Waals surface area contributed by atoms with E-state index in [1.807, 2.05) is 31.2 Å². The van der Waals surface area contributed by atoms with E-state index >= 15 is 0 Å². The molecule has 0 fully saturated rings. The maximum atomic E-state index is 13.8. The number of halogens is 1. The van der Waals surface area contributed by atoms with Crippen molar-refractivity contribution >= 4 is 11.9 Å². The molecule has 0 unspecified atom stereocenters. The average Bonchev–Trinajstić information content (AvgIpc) is 2.61. The quantitative estimate of drug-likeness (QED) is 0.446. The molecule has 2 heteroatoms. The first-order valence-corrected chi connectivity index (χ1v) is 7.77. The van der Waals surface area contributed by atoms with Gasteiger partial charge in [-0.2, -0.15) is 0 Å². The number of hydrogen-bond acceptors (Lipinski definition) is 1. The smallest absolute Gasteiger partial charge is 0.185 e. The van der Waals surface area contributed by atoms with Crippen molar-refractivity contribution in [1.29, 1.82) is 0 Å². The van der Waals surface area contributed by atoms with Crippen LogP contribution in [-0.2, 0) is 0 Å². The number of allylic oxidation sites excluding steroid dienone is 1. The second-order valence-corrected chi connectivity index (χ2v) is 5.67. The molecule has 3 rings (SSSR count). The van der Waals surface area contributed by atoms with Gasteiger partial charge in [-0.1, -0.05) is 78.4 Å². The third-order valence-corrected chi connectivity index (χ3v) is 3.86. The van der Waals surface area contributed by atoms with Crippen LogP contribution in [0.2, 0.25) is 0 Å². The fourth-order valence-corrected chi connectivity index (χ4v) is 2.46. The molecule has 0 bridgehead atoms. The van der Waals surface area contributed by atoms with Crippen LogP contribution in [0.4, 0.5) is 4.39 Å². The highest BCUT2D eigenvalue weighted by atomic mass is 19.1. The molecule has 0 spiro atoms. The van der Waals surface area contributed by atoms with Crippen LogP contribution in [0.5, 0.6) is 0 Å². The summed E-state index contributed by atoms with van der Waals surface area (Å²) in [6, 6.07) is 21.6. The fraction of sp³-hybridized carbons (Fsp3) is 0.0455. The number of aryl methyl sites for hydroxylation is 1. The van der Waals surface area contributed by atoms with Crippen molar-refractivity contribution in [2.24, 2.45) is 0 Å². The van der Waals surface area contributed by atoms with E-state index in [0.717, 1.165) is 11.1 Å². The Balaban J connectivity index is 1.77. The number of benzene rings is 3. The van der Waals surface area contributed by atoms with Crippen molar-refractivity contribution in [1.82, 2.24) is 0 Å². The molecule has 0 heterocycles. The summed E-state index contributed by atoms with van der Waals surface area (Å²) in [6.45, 7) is 2.02. The summed E-state index contributed by atoms with van der Waals surface area (Å²) >= 11 is 0. The lowest BCUT2D eigenvalue weighted by molar-refractivity contribution is 0.104. The summed E-state index contributed by atoms with van der Waals surface area (Å²) in [7, 11) is 0. The topological polar surface area (TPSA) is 17.1 Å². The van der Waals surface area contributed by atoms with Crippen LogP contribution >= 0.6 is 0 Å². The van der Waals surface area contributed by atoms with E-state index in [9.17, 15) is 9.18 Å². The van der Waals surface area contributed by atoms with E-state index in [-0.39, 0.29) is 11.6 Å². The van der Waals surface area contributed by atoms with E-state index in [4.69, 9.17) is 0 Å². The van der Waals surface area contributed by atoms with E-state index in [0.29, 0.717) is 11.1 Å². The maximum Gasteiger partial charge on any atom is 0.185 e. The SMILES string of the molecule is Cc1ccc(/C=C/C(=O)c2ccc(-c3ccccc3F)cc2)cc1. The number of rotatable bonds is 4. The Morgan fingerprint density at radius 1 is 0.875 bits per heavy atom. The molecule has 0 atom stereocenters. The van der Waals surface area contributed by atoms with Crippen LogP contribution in [0.25, 0.3) is 17.2 Å². The third kappa shape index (κ3) is 3.66. The Kier molecular flexibility index (Phi) is 4.66. The summed E-state index contributed by atoms with van der Waals surface area (Å²) in [5.74, 6) is -0.341.